The first-order valence-corrected chi connectivity index (χ1v) is 10.2. The zero-order valence-electron chi connectivity index (χ0n) is 14.6. The van der Waals surface area contributed by atoms with Gasteiger partial charge in [0, 0.05) is 45.7 Å². The van der Waals surface area contributed by atoms with Crippen LogP contribution in [0, 0.1) is 0 Å². The van der Waals surface area contributed by atoms with E-state index in [-0.39, 0.29) is 5.91 Å². The fourth-order valence-corrected chi connectivity index (χ4v) is 4.30. The molecule has 1 aromatic carbocycles. The molecule has 2 aromatic rings. The van der Waals surface area contributed by atoms with Crippen LogP contribution >= 0.6 is 22.9 Å². The third-order valence-corrected chi connectivity index (χ3v) is 5.90. The van der Waals surface area contributed by atoms with Gasteiger partial charge in [0.25, 0.3) is 0 Å². The van der Waals surface area contributed by atoms with Crippen LogP contribution in [0.2, 0.25) is 5.02 Å². The van der Waals surface area contributed by atoms with E-state index in [1.54, 1.807) is 11.3 Å². The summed E-state index contributed by atoms with van der Waals surface area (Å²) in [5.41, 5.74) is 0.904. The Morgan fingerprint density at radius 2 is 2.12 bits per heavy atom. The monoisotopic (exact) mass is 380 g/mol. The molecule has 3 rings (SSSR count). The number of hydrogen-bond donors (Lipinski definition) is 1. The number of para-hydroxylation sites is 1. The summed E-state index contributed by atoms with van der Waals surface area (Å²) in [5, 5.41) is 4.78. The predicted molar refractivity (Wildman–Crippen MR) is 106 cm³/mol. The fraction of sp³-hybridized carbons (Fsp3) is 0.556. The molecule has 136 valence electrons. The lowest BCUT2D eigenvalue weighted by molar-refractivity contribution is -0.121. The molecule has 1 saturated heterocycles. The van der Waals surface area contributed by atoms with E-state index in [1.165, 1.54) is 0 Å². The molecule has 2 heterocycles. The number of fused-ring (bicyclic) bond motifs is 1. The summed E-state index contributed by atoms with van der Waals surface area (Å²) in [6, 6.07) is 5.93. The van der Waals surface area contributed by atoms with Crippen LogP contribution in [-0.4, -0.2) is 55.1 Å². The molecule has 0 radical (unpaired) electrons. The van der Waals surface area contributed by atoms with Gasteiger partial charge in [0.05, 0.1) is 9.72 Å². The minimum atomic E-state index is 0.173. The first-order valence-electron chi connectivity index (χ1n) is 8.96. The quantitative estimate of drug-likeness (QED) is 0.800. The molecule has 0 unspecified atom stereocenters. The maximum Gasteiger partial charge on any atom is 0.220 e. The summed E-state index contributed by atoms with van der Waals surface area (Å²) >= 11 is 7.93. The Morgan fingerprint density at radius 1 is 1.32 bits per heavy atom. The number of rotatable bonds is 7. The molecular weight excluding hydrogens is 356 g/mol. The van der Waals surface area contributed by atoms with Gasteiger partial charge in [-0.1, -0.05) is 42.3 Å². The molecule has 1 aliphatic heterocycles. The third-order valence-electron chi connectivity index (χ3n) is 4.51. The number of carbonyl (C=O) groups is 1. The van der Waals surface area contributed by atoms with Crippen molar-refractivity contribution >= 4 is 44.2 Å². The van der Waals surface area contributed by atoms with Crippen LogP contribution in [0.25, 0.3) is 10.2 Å². The number of thiazole rings is 1. The Balaban J connectivity index is 1.45. The average Bonchev–Trinajstić information content (AvgIpc) is 3.06. The Hall–Kier alpha value is -1.37. The van der Waals surface area contributed by atoms with E-state index in [0.29, 0.717) is 6.42 Å². The highest BCUT2D eigenvalue weighted by Crippen LogP contribution is 2.33. The second-order valence-corrected chi connectivity index (χ2v) is 7.78. The molecule has 1 fully saturated rings. The van der Waals surface area contributed by atoms with Crippen molar-refractivity contribution < 1.29 is 4.79 Å². The van der Waals surface area contributed by atoms with Crippen LogP contribution < -0.4 is 10.2 Å². The van der Waals surface area contributed by atoms with Crippen molar-refractivity contribution in [3.05, 3.63) is 23.2 Å². The van der Waals surface area contributed by atoms with Gasteiger partial charge in [-0.05, 0) is 18.6 Å². The second kappa shape index (κ2) is 8.83. The van der Waals surface area contributed by atoms with Crippen molar-refractivity contribution in [3.63, 3.8) is 0 Å². The molecule has 25 heavy (non-hydrogen) atoms. The molecule has 0 bridgehead atoms. The Labute approximate surface area is 158 Å². The Kier molecular flexibility index (Phi) is 6.51. The van der Waals surface area contributed by atoms with Crippen molar-refractivity contribution in [2.75, 3.05) is 44.2 Å². The van der Waals surface area contributed by atoms with Gasteiger partial charge in [0.1, 0.15) is 5.52 Å². The van der Waals surface area contributed by atoms with Gasteiger partial charge in [-0.3, -0.25) is 9.69 Å². The number of nitrogens with one attached hydrogen (secondary N) is 1. The molecule has 1 aromatic heterocycles. The molecule has 0 spiro atoms. The number of hydrogen-bond acceptors (Lipinski definition) is 5. The van der Waals surface area contributed by atoms with Crippen molar-refractivity contribution in [1.29, 1.82) is 0 Å². The van der Waals surface area contributed by atoms with Gasteiger partial charge in [0.2, 0.25) is 5.91 Å². The molecule has 5 nitrogen and oxygen atoms in total. The van der Waals surface area contributed by atoms with Crippen LogP contribution in [0.15, 0.2) is 18.2 Å². The third kappa shape index (κ3) is 4.84. The second-order valence-electron chi connectivity index (χ2n) is 6.37. The topological polar surface area (TPSA) is 48.5 Å². The maximum atomic E-state index is 11.6. The van der Waals surface area contributed by atoms with E-state index in [1.807, 2.05) is 12.1 Å². The van der Waals surface area contributed by atoms with Crippen molar-refractivity contribution in [2.24, 2.45) is 0 Å². The van der Waals surface area contributed by atoms with E-state index in [2.05, 4.69) is 28.1 Å². The number of benzene rings is 1. The van der Waals surface area contributed by atoms with Crippen LogP contribution in [0.4, 0.5) is 5.13 Å². The minimum absolute atomic E-state index is 0.173. The summed E-state index contributed by atoms with van der Waals surface area (Å²) in [6.45, 7) is 7.66. The largest absolute Gasteiger partial charge is 0.355 e. The average molecular weight is 381 g/mol. The molecule has 1 N–H and O–H groups in total. The highest BCUT2D eigenvalue weighted by molar-refractivity contribution is 7.22. The number of anilines is 1. The Bertz CT molecular complexity index is 712. The van der Waals surface area contributed by atoms with Crippen LogP contribution in [0.3, 0.4) is 0 Å². The summed E-state index contributed by atoms with van der Waals surface area (Å²) < 4.78 is 1.14. The minimum Gasteiger partial charge on any atom is -0.355 e. The highest BCUT2D eigenvalue weighted by atomic mass is 35.5. The van der Waals surface area contributed by atoms with Gasteiger partial charge >= 0.3 is 0 Å². The summed E-state index contributed by atoms with van der Waals surface area (Å²) in [7, 11) is 0. The fourth-order valence-electron chi connectivity index (χ4n) is 2.98. The van der Waals surface area contributed by atoms with Crippen molar-refractivity contribution in [2.45, 2.75) is 26.2 Å². The summed E-state index contributed by atoms with van der Waals surface area (Å²) in [4.78, 5) is 21.1. The zero-order chi connectivity index (χ0) is 17.6. The Morgan fingerprint density at radius 3 is 2.84 bits per heavy atom. The molecule has 0 aliphatic carbocycles. The normalized spacial score (nSPS) is 15.7. The lowest BCUT2D eigenvalue weighted by Gasteiger charge is -2.34. The number of unbranched alkanes of at least 4 members (excludes halogenated alkanes) is 1. The first-order chi connectivity index (χ1) is 12.2. The van der Waals surface area contributed by atoms with E-state index in [4.69, 9.17) is 16.6 Å². The number of halogens is 1. The number of carbonyl (C=O) groups excluding carboxylic acids is 1. The predicted octanol–water partition coefficient (Wildman–Crippen LogP) is 3.38. The summed E-state index contributed by atoms with van der Waals surface area (Å²) in [5.74, 6) is 0.173. The van der Waals surface area contributed by atoms with Crippen molar-refractivity contribution in [1.82, 2.24) is 15.2 Å². The van der Waals surface area contributed by atoms with Crippen LogP contribution in [0.1, 0.15) is 26.2 Å². The van der Waals surface area contributed by atoms with Gasteiger partial charge in [-0.15, -0.1) is 0 Å². The number of amides is 1. The van der Waals surface area contributed by atoms with Crippen LogP contribution in [0.5, 0.6) is 0 Å². The molecule has 7 heteroatoms. The lowest BCUT2D eigenvalue weighted by atomic mass is 10.2. The van der Waals surface area contributed by atoms with E-state index < -0.39 is 0 Å². The van der Waals surface area contributed by atoms with Crippen molar-refractivity contribution in [3.8, 4) is 0 Å². The first kappa shape index (κ1) is 18.4. The van der Waals surface area contributed by atoms with Gasteiger partial charge in [-0.25, -0.2) is 4.98 Å². The molecule has 0 saturated carbocycles. The number of aromatic nitrogens is 1. The molecule has 1 aliphatic rings. The maximum absolute atomic E-state index is 11.6. The van der Waals surface area contributed by atoms with E-state index in [9.17, 15) is 4.79 Å². The van der Waals surface area contributed by atoms with Gasteiger partial charge in [-0.2, -0.15) is 0 Å². The highest BCUT2D eigenvalue weighted by Gasteiger charge is 2.20. The molecule has 0 atom stereocenters. The standard InChI is InChI=1S/C18H25ClN4OS/c1-2-3-7-16(24)20-8-9-22-10-12-23(13-11-22)18-21-17-14(19)5-4-6-15(17)25-18/h4-6H,2-3,7-13H2,1H3,(H,20,24). The number of nitrogens with zero attached hydrogens (tertiary/aromatic N) is 3. The van der Waals surface area contributed by atoms with E-state index in [0.717, 1.165) is 72.5 Å². The summed E-state index contributed by atoms with van der Waals surface area (Å²) in [6.07, 6.45) is 2.67. The van der Waals surface area contributed by atoms with Gasteiger partial charge < -0.3 is 10.2 Å². The van der Waals surface area contributed by atoms with Gasteiger partial charge in [0.15, 0.2) is 5.13 Å². The smallest absolute Gasteiger partial charge is 0.220 e. The molecule has 1 amide bonds. The molecular formula is C18H25ClN4OS. The van der Waals surface area contributed by atoms with Crippen LogP contribution in [-0.2, 0) is 4.79 Å². The zero-order valence-corrected chi connectivity index (χ0v) is 16.2. The number of piperazine rings is 1. The lowest BCUT2D eigenvalue weighted by Crippen LogP contribution is -2.48. The van der Waals surface area contributed by atoms with E-state index >= 15 is 0 Å². The SMILES string of the molecule is CCCCC(=O)NCCN1CCN(c2nc3c(Cl)cccc3s2)CC1.